The smallest absolute Gasteiger partial charge is 0.226 e. The lowest BCUT2D eigenvalue weighted by molar-refractivity contribution is 0.495. The number of para-hydroxylation sites is 1. The molecule has 4 aromatic rings. The summed E-state index contributed by atoms with van der Waals surface area (Å²) in [5.74, 6) is 1.26. The second-order valence-electron chi connectivity index (χ2n) is 7.05. The van der Waals surface area contributed by atoms with Gasteiger partial charge in [0.2, 0.25) is 5.95 Å². The zero-order valence-electron chi connectivity index (χ0n) is 15.0. The van der Waals surface area contributed by atoms with E-state index in [-0.39, 0.29) is 0 Å². The number of nitrogens with one attached hydrogen (secondary N) is 1. The molecule has 1 saturated heterocycles. The Balaban J connectivity index is 1.57. The standard InChI is InChI=1S/C22H21N5/c1-2-7-16(8-3-1)21-18-10-4-5-11-20(18)24-22(25-21)27-14-6-9-17(15-27)19-12-13-23-26-19/h1-5,7-8,10-13,17H,6,9,14-15H2,(H,23,26). The molecular weight excluding hydrogens is 334 g/mol. The number of anilines is 1. The normalized spacial score (nSPS) is 17.3. The Morgan fingerprint density at radius 2 is 1.78 bits per heavy atom. The van der Waals surface area contributed by atoms with E-state index in [0.717, 1.165) is 54.0 Å². The van der Waals surface area contributed by atoms with E-state index < -0.39 is 0 Å². The second-order valence-corrected chi connectivity index (χ2v) is 7.05. The monoisotopic (exact) mass is 355 g/mol. The first-order chi connectivity index (χ1) is 13.4. The predicted molar refractivity (Wildman–Crippen MR) is 108 cm³/mol. The van der Waals surface area contributed by atoms with Gasteiger partial charge < -0.3 is 4.90 Å². The second kappa shape index (κ2) is 6.83. The molecule has 0 spiro atoms. The van der Waals surface area contributed by atoms with Crippen molar-refractivity contribution in [3.8, 4) is 11.3 Å². The number of piperidine rings is 1. The number of aromatic amines is 1. The van der Waals surface area contributed by atoms with E-state index in [1.165, 1.54) is 5.69 Å². The molecule has 0 radical (unpaired) electrons. The number of H-pyrrole nitrogens is 1. The molecule has 2 aromatic carbocycles. The Hall–Kier alpha value is -3.21. The van der Waals surface area contributed by atoms with E-state index in [1.807, 2.05) is 24.4 Å². The molecule has 27 heavy (non-hydrogen) atoms. The molecule has 0 amide bonds. The Labute approximate surface area is 158 Å². The Bertz CT molecular complexity index is 1040. The first kappa shape index (κ1) is 16.0. The fraction of sp³-hybridized carbons (Fsp3) is 0.227. The van der Waals surface area contributed by atoms with Crippen LogP contribution in [0.15, 0.2) is 66.9 Å². The minimum Gasteiger partial charge on any atom is -0.340 e. The molecule has 1 N–H and O–H groups in total. The minimum absolute atomic E-state index is 0.441. The molecule has 1 aliphatic heterocycles. The van der Waals surface area contributed by atoms with Gasteiger partial charge in [-0.05, 0) is 25.0 Å². The zero-order valence-corrected chi connectivity index (χ0v) is 15.0. The highest BCUT2D eigenvalue weighted by atomic mass is 15.3. The van der Waals surface area contributed by atoms with Crippen molar-refractivity contribution in [2.24, 2.45) is 0 Å². The lowest BCUT2D eigenvalue weighted by atomic mass is 9.95. The number of nitrogens with zero attached hydrogens (tertiary/aromatic N) is 4. The summed E-state index contributed by atoms with van der Waals surface area (Å²) >= 11 is 0. The molecule has 0 bridgehead atoms. The van der Waals surface area contributed by atoms with Crippen molar-refractivity contribution >= 4 is 16.9 Å². The highest BCUT2D eigenvalue weighted by molar-refractivity contribution is 5.93. The van der Waals surface area contributed by atoms with Crippen LogP contribution < -0.4 is 4.90 Å². The van der Waals surface area contributed by atoms with E-state index in [9.17, 15) is 0 Å². The summed E-state index contributed by atoms with van der Waals surface area (Å²) in [5.41, 5.74) is 4.31. The lowest BCUT2D eigenvalue weighted by Crippen LogP contribution is -2.35. The van der Waals surface area contributed by atoms with Crippen molar-refractivity contribution in [1.29, 1.82) is 0 Å². The van der Waals surface area contributed by atoms with Gasteiger partial charge in [-0.2, -0.15) is 5.10 Å². The summed E-state index contributed by atoms with van der Waals surface area (Å²) in [6.07, 6.45) is 4.12. The Morgan fingerprint density at radius 1 is 0.926 bits per heavy atom. The Morgan fingerprint density at radius 3 is 2.63 bits per heavy atom. The topological polar surface area (TPSA) is 57.7 Å². The molecule has 5 nitrogen and oxygen atoms in total. The van der Waals surface area contributed by atoms with Crippen LogP contribution in [-0.4, -0.2) is 33.3 Å². The Kier molecular flexibility index (Phi) is 4.05. The van der Waals surface area contributed by atoms with Crippen molar-refractivity contribution in [1.82, 2.24) is 20.2 Å². The summed E-state index contributed by atoms with van der Waals surface area (Å²) in [6, 6.07) is 20.7. The molecule has 5 rings (SSSR count). The first-order valence-corrected chi connectivity index (χ1v) is 9.45. The van der Waals surface area contributed by atoms with Crippen molar-refractivity contribution in [3.05, 3.63) is 72.6 Å². The van der Waals surface area contributed by atoms with Crippen LogP contribution in [-0.2, 0) is 0 Å². The third-order valence-corrected chi connectivity index (χ3v) is 5.30. The van der Waals surface area contributed by atoms with Gasteiger partial charge in [0.05, 0.1) is 11.2 Å². The molecule has 134 valence electrons. The fourth-order valence-corrected chi connectivity index (χ4v) is 3.93. The van der Waals surface area contributed by atoms with Crippen LogP contribution in [0.3, 0.4) is 0 Å². The van der Waals surface area contributed by atoms with Gasteiger partial charge >= 0.3 is 0 Å². The van der Waals surface area contributed by atoms with Crippen LogP contribution in [0.2, 0.25) is 0 Å². The average molecular weight is 355 g/mol. The van der Waals surface area contributed by atoms with Crippen LogP contribution in [0.25, 0.3) is 22.2 Å². The van der Waals surface area contributed by atoms with Gasteiger partial charge in [0.15, 0.2) is 0 Å². The third-order valence-electron chi connectivity index (χ3n) is 5.30. The molecule has 2 aromatic heterocycles. The molecule has 0 saturated carbocycles. The molecule has 3 heterocycles. The fourth-order valence-electron chi connectivity index (χ4n) is 3.93. The number of fused-ring (bicyclic) bond motifs is 1. The van der Waals surface area contributed by atoms with Gasteiger partial charge in [-0.3, -0.25) is 5.10 Å². The summed E-state index contributed by atoms with van der Waals surface area (Å²) in [4.78, 5) is 12.2. The summed E-state index contributed by atoms with van der Waals surface area (Å²) in [7, 11) is 0. The van der Waals surface area contributed by atoms with E-state index in [0.29, 0.717) is 5.92 Å². The van der Waals surface area contributed by atoms with Crippen molar-refractivity contribution in [2.45, 2.75) is 18.8 Å². The zero-order chi connectivity index (χ0) is 18.1. The number of hydrogen-bond donors (Lipinski definition) is 1. The average Bonchev–Trinajstić information content (AvgIpc) is 3.29. The van der Waals surface area contributed by atoms with Gasteiger partial charge in [0, 0.05) is 41.8 Å². The van der Waals surface area contributed by atoms with Gasteiger partial charge in [0.1, 0.15) is 0 Å². The molecule has 1 unspecified atom stereocenters. The summed E-state index contributed by atoms with van der Waals surface area (Å²) < 4.78 is 0. The molecule has 0 aliphatic carbocycles. The van der Waals surface area contributed by atoms with Crippen LogP contribution >= 0.6 is 0 Å². The van der Waals surface area contributed by atoms with Gasteiger partial charge in [-0.25, -0.2) is 9.97 Å². The van der Waals surface area contributed by atoms with Crippen LogP contribution in [0.5, 0.6) is 0 Å². The highest BCUT2D eigenvalue weighted by Gasteiger charge is 2.25. The highest BCUT2D eigenvalue weighted by Crippen LogP contribution is 2.31. The number of rotatable bonds is 3. The maximum atomic E-state index is 5.00. The largest absolute Gasteiger partial charge is 0.340 e. The van der Waals surface area contributed by atoms with Crippen molar-refractivity contribution in [2.75, 3.05) is 18.0 Å². The maximum absolute atomic E-state index is 5.00. The number of hydrogen-bond acceptors (Lipinski definition) is 4. The third kappa shape index (κ3) is 3.05. The van der Waals surface area contributed by atoms with Gasteiger partial charge in [-0.15, -0.1) is 0 Å². The number of aromatic nitrogens is 4. The minimum atomic E-state index is 0.441. The molecular formula is C22H21N5. The molecule has 5 heteroatoms. The van der Waals surface area contributed by atoms with E-state index in [4.69, 9.17) is 9.97 Å². The molecule has 1 fully saturated rings. The van der Waals surface area contributed by atoms with Crippen LogP contribution in [0.4, 0.5) is 5.95 Å². The van der Waals surface area contributed by atoms with Gasteiger partial charge in [0.25, 0.3) is 0 Å². The predicted octanol–water partition coefficient (Wildman–Crippen LogP) is 4.40. The quantitative estimate of drug-likeness (QED) is 0.592. The molecule has 1 atom stereocenters. The van der Waals surface area contributed by atoms with Crippen molar-refractivity contribution < 1.29 is 0 Å². The summed E-state index contributed by atoms with van der Waals surface area (Å²) in [5, 5.41) is 8.34. The molecule has 1 aliphatic rings. The van der Waals surface area contributed by atoms with E-state index >= 15 is 0 Å². The number of benzene rings is 2. The SMILES string of the molecule is c1ccc(-c2nc(N3CCCC(c4ccn[nH]4)C3)nc3ccccc23)cc1. The lowest BCUT2D eigenvalue weighted by Gasteiger charge is -2.32. The van der Waals surface area contributed by atoms with E-state index in [1.54, 1.807) is 0 Å². The van der Waals surface area contributed by atoms with Crippen LogP contribution in [0, 0.1) is 0 Å². The first-order valence-electron chi connectivity index (χ1n) is 9.45. The van der Waals surface area contributed by atoms with Gasteiger partial charge in [-0.1, -0.05) is 48.5 Å². The maximum Gasteiger partial charge on any atom is 0.226 e. The summed E-state index contributed by atoms with van der Waals surface area (Å²) in [6.45, 7) is 1.89. The van der Waals surface area contributed by atoms with Crippen molar-refractivity contribution in [3.63, 3.8) is 0 Å². The van der Waals surface area contributed by atoms with E-state index in [2.05, 4.69) is 57.6 Å². The van der Waals surface area contributed by atoms with Crippen LogP contribution in [0.1, 0.15) is 24.5 Å².